The lowest BCUT2D eigenvalue weighted by Gasteiger charge is -2.19. The first-order chi connectivity index (χ1) is 11.0. The van der Waals surface area contributed by atoms with Crippen LogP contribution in [0.2, 0.25) is 0 Å². The lowest BCUT2D eigenvalue weighted by Crippen LogP contribution is -2.36. The highest BCUT2D eigenvalue weighted by atomic mass is 32.1. The number of hydrogen-bond donors (Lipinski definition) is 3. The third kappa shape index (κ3) is 4.50. The molecule has 0 fully saturated rings. The molecule has 23 heavy (non-hydrogen) atoms. The molecule has 2 aromatic rings. The average molecular weight is 329 g/mol. The summed E-state index contributed by atoms with van der Waals surface area (Å²) in [5, 5.41) is 2.84. The van der Waals surface area contributed by atoms with E-state index in [9.17, 15) is 9.59 Å². The van der Waals surface area contributed by atoms with E-state index < -0.39 is 5.91 Å². The molecule has 0 radical (unpaired) electrons. The van der Waals surface area contributed by atoms with Crippen molar-refractivity contribution in [1.82, 2.24) is 5.32 Å². The first kappa shape index (κ1) is 16.9. The smallest absolute Gasteiger partial charge is 0.331 e. The highest BCUT2D eigenvalue weighted by Gasteiger charge is 2.14. The molecule has 0 saturated carbocycles. The molecule has 0 spiro atoms. The van der Waals surface area contributed by atoms with E-state index in [1.54, 1.807) is 24.3 Å². The van der Waals surface area contributed by atoms with Crippen molar-refractivity contribution in [3.8, 4) is 0 Å². The molecule has 1 unspecified atom stereocenters. The zero-order valence-electron chi connectivity index (χ0n) is 12.8. The minimum atomic E-state index is -0.511. The lowest BCUT2D eigenvalue weighted by molar-refractivity contribution is 0.100. The Morgan fingerprint density at radius 1 is 1.13 bits per heavy atom. The van der Waals surface area contributed by atoms with E-state index in [1.165, 1.54) is 4.31 Å². The molecule has 120 valence electrons. The van der Waals surface area contributed by atoms with Crippen LogP contribution in [0.25, 0.3) is 0 Å². The number of primary amides is 1. The number of rotatable bonds is 5. The number of benzene rings is 2. The molecule has 2 rings (SSSR count). The molecule has 0 bridgehead atoms. The Labute approximate surface area is 141 Å². The van der Waals surface area contributed by atoms with Gasteiger partial charge in [-0.15, -0.1) is 0 Å². The van der Waals surface area contributed by atoms with Crippen molar-refractivity contribution in [2.24, 2.45) is 5.73 Å². The number of carbonyl (C=O) groups excluding carboxylic acids is 2. The number of thiol groups is 1. The molecule has 3 N–H and O–H groups in total. The monoisotopic (exact) mass is 329 g/mol. The molecular weight excluding hydrogens is 310 g/mol. The lowest BCUT2D eigenvalue weighted by atomic mass is 10.0. The SMILES string of the molecule is CC(CNC(=O)N(S)c1ccc(C(N)=O)cc1)c1ccccc1. The van der Waals surface area contributed by atoms with Crippen LogP contribution < -0.4 is 15.4 Å². The summed E-state index contributed by atoms with van der Waals surface area (Å²) in [6.07, 6.45) is 0. The fourth-order valence-corrected chi connectivity index (χ4v) is 2.30. The van der Waals surface area contributed by atoms with Gasteiger partial charge in [0.25, 0.3) is 0 Å². The second kappa shape index (κ2) is 7.69. The molecule has 0 aliphatic rings. The summed E-state index contributed by atoms with van der Waals surface area (Å²) in [7, 11) is 0. The van der Waals surface area contributed by atoms with E-state index in [0.717, 1.165) is 5.56 Å². The van der Waals surface area contributed by atoms with Crippen LogP contribution in [0.5, 0.6) is 0 Å². The first-order valence-electron chi connectivity index (χ1n) is 7.20. The Bertz CT molecular complexity index is 674. The van der Waals surface area contributed by atoms with Crippen LogP contribution in [0.3, 0.4) is 0 Å². The van der Waals surface area contributed by atoms with E-state index in [2.05, 4.69) is 18.1 Å². The maximum absolute atomic E-state index is 12.1. The van der Waals surface area contributed by atoms with Crippen molar-refractivity contribution >= 4 is 30.4 Å². The predicted molar refractivity (Wildman–Crippen MR) is 94.7 cm³/mol. The minimum absolute atomic E-state index is 0.194. The van der Waals surface area contributed by atoms with Gasteiger partial charge < -0.3 is 11.1 Å². The second-order valence-electron chi connectivity index (χ2n) is 5.22. The zero-order chi connectivity index (χ0) is 16.8. The summed E-state index contributed by atoms with van der Waals surface area (Å²) < 4.78 is 1.20. The van der Waals surface area contributed by atoms with Crippen molar-refractivity contribution in [3.05, 3.63) is 65.7 Å². The Balaban J connectivity index is 1.93. The number of hydrogen-bond acceptors (Lipinski definition) is 3. The van der Waals surface area contributed by atoms with Crippen molar-refractivity contribution < 1.29 is 9.59 Å². The minimum Gasteiger partial charge on any atom is -0.366 e. The normalized spacial score (nSPS) is 11.6. The molecular formula is C17H19N3O2S. The molecule has 3 amide bonds. The first-order valence-corrected chi connectivity index (χ1v) is 7.60. The molecule has 1 atom stereocenters. The molecule has 0 heterocycles. The quantitative estimate of drug-likeness (QED) is 0.738. The van der Waals surface area contributed by atoms with Crippen LogP contribution in [-0.4, -0.2) is 18.5 Å². The topological polar surface area (TPSA) is 75.4 Å². The summed E-state index contributed by atoms with van der Waals surface area (Å²) in [5.74, 6) is -0.317. The predicted octanol–water partition coefficient (Wildman–Crippen LogP) is 2.95. The van der Waals surface area contributed by atoms with Crippen LogP contribution in [0.1, 0.15) is 28.8 Å². The van der Waals surface area contributed by atoms with Crippen LogP contribution >= 0.6 is 12.8 Å². The fraction of sp³-hybridized carbons (Fsp3) is 0.176. The summed E-state index contributed by atoms with van der Waals surface area (Å²) in [6, 6.07) is 16.0. The van der Waals surface area contributed by atoms with Gasteiger partial charge in [-0.2, -0.15) is 0 Å². The second-order valence-corrected chi connectivity index (χ2v) is 5.62. The van der Waals surface area contributed by atoms with Crippen molar-refractivity contribution in [2.45, 2.75) is 12.8 Å². The largest absolute Gasteiger partial charge is 0.366 e. The van der Waals surface area contributed by atoms with Crippen LogP contribution in [0.15, 0.2) is 54.6 Å². The third-order valence-corrected chi connectivity index (χ3v) is 3.93. The third-order valence-electron chi connectivity index (χ3n) is 3.52. The highest BCUT2D eigenvalue weighted by molar-refractivity contribution is 7.82. The summed E-state index contributed by atoms with van der Waals surface area (Å²) in [6.45, 7) is 2.54. The Morgan fingerprint density at radius 3 is 2.30 bits per heavy atom. The number of nitrogens with two attached hydrogens (primary N) is 1. The number of nitrogens with zero attached hydrogens (tertiary/aromatic N) is 1. The van der Waals surface area contributed by atoms with Gasteiger partial charge in [0.15, 0.2) is 0 Å². The maximum Gasteiger partial charge on any atom is 0.331 e. The average Bonchev–Trinajstić information content (AvgIpc) is 2.59. The molecule has 6 heteroatoms. The number of nitrogens with one attached hydrogen (secondary N) is 1. The molecule has 0 aliphatic carbocycles. The van der Waals surface area contributed by atoms with E-state index >= 15 is 0 Å². The summed E-state index contributed by atoms with van der Waals surface area (Å²) in [5.41, 5.74) is 7.28. The number of urea groups is 1. The Morgan fingerprint density at radius 2 is 1.74 bits per heavy atom. The van der Waals surface area contributed by atoms with E-state index in [1.807, 2.05) is 37.3 Å². The van der Waals surface area contributed by atoms with Gasteiger partial charge in [0, 0.05) is 12.1 Å². The van der Waals surface area contributed by atoms with Crippen molar-refractivity contribution in [1.29, 1.82) is 0 Å². The van der Waals surface area contributed by atoms with Gasteiger partial charge in [-0.1, -0.05) is 50.1 Å². The van der Waals surface area contributed by atoms with Gasteiger partial charge in [-0.25, -0.2) is 9.10 Å². The molecule has 5 nitrogen and oxygen atoms in total. The van der Waals surface area contributed by atoms with Gasteiger partial charge in [0.2, 0.25) is 5.91 Å². The van der Waals surface area contributed by atoms with Gasteiger partial charge in [-0.05, 0) is 35.7 Å². The standard InChI is InChI=1S/C17H19N3O2S/c1-12(13-5-3-2-4-6-13)11-19-17(22)20(23)15-9-7-14(8-10-15)16(18)21/h2-10,12,23H,11H2,1H3,(H2,18,21)(H,19,22). The van der Waals surface area contributed by atoms with Gasteiger partial charge in [0.05, 0.1) is 5.69 Å². The van der Waals surface area contributed by atoms with E-state index in [-0.39, 0.29) is 11.9 Å². The summed E-state index contributed by atoms with van der Waals surface area (Å²) in [4.78, 5) is 23.2. The maximum atomic E-state index is 12.1. The number of amides is 3. The molecule has 0 aromatic heterocycles. The number of anilines is 1. The van der Waals surface area contributed by atoms with E-state index in [4.69, 9.17) is 5.73 Å². The molecule has 0 saturated heterocycles. The van der Waals surface area contributed by atoms with Gasteiger partial charge in [-0.3, -0.25) is 4.79 Å². The Kier molecular flexibility index (Phi) is 5.65. The number of carbonyl (C=O) groups is 2. The van der Waals surface area contributed by atoms with Crippen LogP contribution in [0.4, 0.5) is 10.5 Å². The van der Waals surface area contributed by atoms with E-state index in [0.29, 0.717) is 17.8 Å². The van der Waals surface area contributed by atoms with Crippen molar-refractivity contribution in [3.63, 3.8) is 0 Å². The van der Waals surface area contributed by atoms with Crippen LogP contribution in [-0.2, 0) is 0 Å². The van der Waals surface area contributed by atoms with Crippen molar-refractivity contribution in [2.75, 3.05) is 10.8 Å². The van der Waals surface area contributed by atoms with Crippen LogP contribution in [0, 0.1) is 0 Å². The summed E-state index contributed by atoms with van der Waals surface area (Å²) >= 11 is 4.20. The Hall–Kier alpha value is -2.47. The van der Waals surface area contributed by atoms with Gasteiger partial charge in [0.1, 0.15) is 0 Å². The van der Waals surface area contributed by atoms with Gasteiger partial charge >= 0.3 is 6.03 Å². The highest BCUT2D eigenvalue weighted by Crippen LogP contribution is 2.18. The molecule has 2 aromatic carbocycles. The molecule has 0 aliphatic heterocycles. The fourth-order valence-electron chi connectivity index (χ4n) is 2.10. The zero-order valence-corrected chi connectivity index (χ0v) is 13.7.